The number of aromatic amines is 1. The van der Waals surface area contributed by atoms with E-state index in [1.807, 2.05) is 20.8 Å². The molecule has 2 rings (SSSR count). The lowest BCUT2D eigenvalue weighted by Gasteiger charge is -2.08. The molecule has 1 aromatic heterocycles. The largest absolute Gasteiger partial charge is 0.491 e. The van der Waals surface area contributed by atoms with Crippen molar-refractivity contribution in [2.75, 3.05) is 6.61 Å². The highest BCUT2D eigenvalue weighted by Crippen LogP contribution is 2.33. The predicted octanol–water partition coefficient (Wildman–Crippen LogP) is 4.65. The number of ether oxygens (including phenoxy) is 1. The van der Waals surface area contributed by atoms with Crippen molar-refractivity contribution in [2.45, 2.75) is 26.7 Å². The van der Waals surface area contributed by atoms with Crippen molar-refractivity contribution in [3.05, 3.63) is 38.3 Å². The number of aromatic nitrogens is 3. The fourth-order valence-electron chi connectivity index (χ4n) is 1.85. The highest BCUT2D eigenvalue weighted by Gasteiger charge is 2.10. The van der Waals surface area contributed by atoms with Gasteiger partial charge >= 0.3 is 0 Å². The summed E-state index contributed by atoms with van der Waals surface area (Å²) >= 11 is 17.5. The Morgan fingerprint density at radius 1 is 1.41 bits per heavy atom. The van der Waals surface area contributed by atoms with E-state index in [0.29, 0.717) is 27.2 Å². The fourth-order valence-corrected chi connectivity index (χ4v) is 2.65. The maximum atomic E-state index is 6.17. The van der Waals surface area contributed by atoms with E-state index in [2.05, 4.69) is 15.3 Å². The van der Waals surface area contributed by atoms with Crippen molar-refractivity contribution in [2.24, 2.45) is 5.10 Å². The lowest BCUT2D eigenvalue weighted by atomic mass is 10.2. The van der Waals surface area contributed by atoms with Crippen LogP contribution < -0.4 is 4.74 Å². The van der Waals surface area contributed by atoms with Crippen LogP contribution in [0.25, 0.3) is 0 Å². The Balaban J connectivity index is 2.35. The smallest absolute Gasteiger partial charge is 0.216 e. The lowest BCUT2D eigenvalue weighted by Crippen LogP contribution is -2.01. The third-order valence-electron chi connectivity index (χ3n) is 2.82. The second kappa shape index (κ2) is 7.26. The van der Waals surface area contributed by atoms with Gasteiger partial charge in [0.1, 0.15) is 0 Å². The number of benzene rings is 1. The van der Waals surface area contributed by atoms with Crippen molar-refractivity contribution >= 4 is 41.6 Å². The molecule has 0 atom stereocenters. The summed E-state index contributed by atoms with van der Waals surface area (Å²) in [6.45, 7) is 6.40. The van der Waals surface area contributed by atoms with Gasteiger partial charge in [0.25, 0.3) is 0 Å². The van der Waals surface area contributed by atoms with E-state index in [-0.39, 0.29) is 5.92 Å². The van der Waals surface area contributed by atoms with E-state index in [9.17, 15) is 0 Å². The minimum atomic E-state index is 0.192. The Morgan fingerprint density at radius 3 is 2.59 bits per heavy atom. The number of nitrogens with one attached hydrogen (secondary N) is 1. The number of nitrogens with zero attached hydrogens (tertiary/aromatic N) is 3. The minimum absolute atomic E-state index is 0.192. The number of H-pyrrole nitrogens is 1. The summed E-state index contributed by atoms with van der Waals surface area (Å²) in [4.78, 5) is 0. The summed E-state index contributed by atoms with van der Waals surface area (Å²) in [5, 5.41) is 12.1. The molecule has 0 fully saturated rings. The molecule has 2 aromatic rings. The van der Waals surface area contributed by atoms with Crippen LogP contribution in [0, 0.1) is 4.77 Å². The summed E-state index contributed by atoms with van der Waals surface area (Å²) in [6, 6.07) is 3.47. The fraction of sp³-hybridized carbons (Fsp3) is 0.357. The van der Waals surface area contributed by atoms with Crippen LogP contribution in [0.5, 0.6) is 5.75 Å². The van der Waals surface area contributed by atoms with Crippen molar-refractivity contribution < 1.29 is 4.74 Å². The Labute approximate surface area is 143 Å². The molecular weight excluding hydrogens is 343 g/mol. The Kier molecular flexibility index (Phi) is 5.61. The summed E-state index contributed by atoms with van der Waals surface area (Å²) in [7, 11) is 0. The average Bonchev–Trinajstić information content (AvgIpc) is 2.82. The first-order chi connectivity index (χ1) is 10.4. The van der Waals surface area contributed by atoms with Gasteiger partial charge in [-0.3, -0.25) is 5.10 Å². The molecule has 22 heavy (non-hydrogen) atoms. The first-order valence-corrected chi connectivity index (χ1v) is 7.94. The highest BCUT2D eigenvalue weighted by molar-refractivity contribution is 7.71. The third kappa shape index (κ3) is 3.69. The van der Waals surface area contributed by atoms with Crippen LogP contribution in [-0.2, 0) is 0 Å². The maximum Gasteiger partial charge on any atom is 0.216 e. The van der Waals surface area contributed by atoms with Crippen molar-refractivity contribution in [3.8, 4) is 5.75 Å². The molecule has 0 radical (unpaired) electrons. The van der Waals surface area contributed by atoms with E-state index in [0.717, 1.165) is 11.4 Å². The second-order valence-corrected chi connectivity index (χ2v) is 6.05. The van der Waals surface area contributed by atoms with Gasteiger partial charge < -0.3 is 4.74 Å². The monoisotopic (exact) mass is 358 g/mol. The zero-order valence-electron chi connectivity index (χ0n) is 12.4. The van der Waals surface area contributed by atoms with Crippen LogP contribution in [-0.4, -0.2) is 27.7 Å². The molecule has 0 bridgehead atoms. The van der Waals surface area contributed by atoms with Crippen LogP contribution >= 0.6 is 35.4 Å². The number of hydrogen-bond donors (Lipinski definition) is 1. The average molecular weight is 359 g/mol. The van der Waals surface area contributed by atoms with Gasteiger partial charge in [0, 0.05) is 5.92 Å². The quantitative estimate of drug-likeness (QED) is 0.624. The molecule has 8 heteroatoms. The first kappa shape index (κ1) is 17.0. The Morgan fingerprint density at radius 2 is 2.05 bits per heavy atom. The molecule has 1 aromatic carbocycles. The molecular formula is C14H16Cl2N4OS. The molecule has 0 aliphatic rings. The standard InChI is InChI=1S/C14H16Cl2N4OS/c1-4-21-12-10(15)5-9(6-11(12)16)7-17-20-13(8(2)3)18-19-14(20)22/h5-8H,4H2,1-3H3,(H,19,22)/b17-7-. The number of hydrogen-bond acceptors (Lipinski definition) is 4. The van der Waals surface area contributed by atoms with Crippen LogP contribution in [0.2, 0.25) is 10.0 Å². The molecule has 0 unspecified atom stereocenters. The maximum absolute atomic E-state index is 6.17. The SMILES string of the molecule is CCOc1c(Cl)cc(/C=N\n2c(C(C)C)n[nH]c2=S)cc1Cl. The molecule has 1 N–H and O–H groups in total. The van der Waals surface area contributed by atoms with Crippen molar-refractivity contribution in [3.63, 3.8) is 0 Å². The van der Waals surface area contributed by atoms with Gasteiger partial charge in [0.2, 0.25) is 4.77 Å². The summed E-state index contributed by atoms with van der Waals surface area (Å²) in [5.74, 6) is 1.42. The molecule has 1 heterocycles. The third-order valence-corrected chi connectivity index (χ3v) is 3.65. The van der Waals surface area contributed by atoms with Gasteiger partial charge in [-0.15, -0.1) is 0 Å². The Bertz CT molecular complexity index is 729. The lowest BCUT2D eigenvalue weighted by molar-refractivity contribution is 0.340. The zero-order chi connectivity index (χ0) is 16.3. The van der Waals surface area contributed by atoms with Gasteiger partial charge in [0.15, 0.2) is 11.6 Å². The molecule has 5 nitrogen and oxygen atoms in total. The van der Waals surface area contributed by atoms with Crippen LogP contribution in [0.3, 0.4) is 0 Å². The highest BCUT2D eigenvalue weighted by atomic mass is 35.5. The summed E-state index contributed by atoms with van der Waals surface area (Å²) in [5.41, 5.74) is 0.747. The molecule has 0 spiro atoms. The number of halogens is 2. The van der Waals surface area contributed by atoms with Crippen LogP contribution in [0.15, 0.2) is 17.2 Å². The topological polar surface area (TPSA) is 55.2 Å². The first-order valence-electron chi connectivity index (χ1n) is 6.77. The van der Waals surface area contributed by atoms with Crippen LogP contribution in [0.4, 0.5) is 0 Å². The van der Waals surface area contributed by atoms with Gasteiger partial charge in [-0.2, -0.15) is 14.9 Å². The van der Waals surface area contributed by atoms with Crippen LogP contribution in [0.1, 0.15) is 38.1 Å². The minimum Gasteiger partial charge on any atom is -0.491 e. The van der Waals surface area contributed by atoms with E-state index < -0.39 is 0 Å². The second-order valence-electron chi connectivity index (χ2n) is 4.84. The van der Waals surface area contributed by atoms with E-state index in [1.165, 1.54) is 0 Å². The van der Waals surface area contributed by atoms with Crippen molar-refractivity contribution in [1.82, 2.24) is 14.9 Å². The molecule has 0 saturated heterocycles. The van der Waals surface area contributed by atoms with Crippen molar-refractivity contribution in [1.29, 1.82) is 0 Å². The summed E-state index contributed by atoms with van der Waals surface area (Å²) < 4.78 is 7.41. The van der Waals surface area contributed by atoms with E-state index >= 15 is 0 Å². The number of rotatable bonds is 5. The van der Waals surface area contributed by atoms with Gasteiger partial charge in [-0.05, 0) is 36.8 Å². The zero-order valence-corrected chi connectivity index (χ0v) is 14.8. The van der Waals surface area contributed by atoms with E-state index in [1.54, 1.807) is 23.0 Å². The predicted molar refractivity (Wildman–Crippen MR) is 92.1 cm³/mol. The van der Waals surface area contributed by atoms with E-state index in [4.69, 9.17) is 40.2 Å². The molecule has 0 aliphatic heterocycles. The molecule has 0 saturated carbocycles. The summed E-state index contributed by atoms with van der Waals surface area (Å²) in [6.07, 6.45) is 1.63. The molecule has 0 amide bonds. The normalized spacial score (nSPS) is 11.5. The molecule has 118 valence electrons. The Hall–Kier alpha value is -1.37. The van der Waals surface area contributed by atoms with Gasteiger partial charge in [-0.25, -0.2) is 0 Å². The molecule has 0 aliphatic carbocycles. The van der Waals surface area contributed by atoms with Gasteiger partial charge in [0.05, 0.1) is 22.9 Å². The van der Waals surface area contributed by atoms with Gasteiger partial charge in [-0.1, -0.05) is 37.0 Å².